The SMILES string of the molecule is COc1ccc2nc(CCNC(=O)COc3cccc(C)c3C)[nH]c2c1. The van der Waals surface area contributed by atoms with E-state index in [0.29, 0.717) is 13.0 Å². The van der Waals surface area contributed by atoms with Gasteiger partial charge in [0.1, 0.15) is 17.3 Å². The summed E-state index contributed by atoms with van der Waals surface area (Å²) in [4.78, 5) is 19.7. The first-order valence-electron chi connectivity index (χ1n) is 8.55. The third kappa shape index (κ3) is 4.14. The highest BCUT2D eigenvalue weighted by atomic mass is 16.5. The Kier molecular flexibility index (Phi) is 5.41. The minimum Gasteiger partial charge on any atom is -0.497 e. The van der Waals surface area contributed by atoms with Crippen molar-refractivity contribution in [3.8, 4) is 11.5 Å². The predicted octanol–water partition coefficient (Wildman–Crippen LogP) is 2.93. The van der Waals surface area contributed by atoms with E-state index in [-0.39, 0.29) is 12.5 Å². The standard InChI is InChI=1S/C20H23N3O3/c1-13-5-4-6-18(14(13)2)26-12-20(24)21-10-9-19-22-16-8-7-15(25-3)11-17(16)23-19/h4-8,11H,9-10,12H2,1-3H3,(H,21,24)(H,22,23). The Morgan fingerprint density at radius 3 is 2.88 bits per heavy atom. The van der Waals surface area contributed by atoms with Crippen molar-refractivity contribution in [3.63, 3.8) is 0 Å². The lowest BCUT2D eigenvalue weighted by molar-refractivity contribution is -0.123. The number of aryl methyl sites for hydroxylation is 1. The van der Waals surface area contributed by atoms with Crippen molar-refractivity contribution >= 4 is 16.9 Å². The molecule has 3 aromatic rings. The van der Waals surface area contributed by atoms with E-state index in [0.717, 1.165) is 39.5 Å². The number of aromatic amines is 1. The number of methoxy groups -OCH3 is 1. The number of carbonyl (C=O) groups is 1. The first-order chi connectivity index (χ1) is 12.6. The molecule has 0 aliphatic rings. The van der Waals surface area contributed by atoms with Gasteiger partial charge in [-0.2, -0.15) is 0 Å². The third-order valence-corrected chi connectivity index (χ3v) is 4.34. The lowest BCUT2D eigenvalue weighted by atomic mass is 10.1. The normalized spacial score (nSPS) is 10.7. The van der Waals surface area contributed by atoms with E-state index in [1.165, 1.54) is 0 Å². The second-order valence-corrected chi connectivity index (χ2v) is 6.15. The van der Waals surface area contributed by atoms with Gasteiger partial charge in [-0.3, -0.25) is 4.79 Å². The van der Waals surface area contributed by atoms with E-state index in [2.05, 4.69) is 15.3 Å². The second-order valence-electron chi connectivity index (χ2n) is 6.15. The molecule has 1 aromatic heterocycles. The Morgan fingerprint density at radius 2 is 2.08 bits per heavy atom. The number of fused-ring (bicyclic) bond motifs is 1. The summed E-state index contributed by atoms with van der Waals surface area (Å²) in [6.45, 7) is 4.50. The zero-order chi connectivity index (χ0) is 18.5. The van der Waals surface area contributed by atoms with E-state index in [4.69, 9.17) is 9.47 Å². The van der Waals surface area contributed by atoms with E-state index >= 15 is 0 Å². The molecule has 1 heterocycles. The van der Waals surface area contributed by atoms with Crippen molar-refractivity contribution in [1.29, 1.82) is 0 Å². The largest absolute Gasteiger partial charge is 0.497 e. The second kappa shape index (κ2) is 7.91. The highest BCUT2D eigenvalue weighted by Gasteiger charge is 2.07. The average Bonchev–Trinajstić information content (AvgIpc) is 3.04. The molecule has 0 aliphatic heterocycles. The molecule has 0 bridgehead atoms. The number of amides is 1. The van der Waals surface area contributed by atoms with Gasteiger partial charge in [0.2, 0.25) is 0 Å². The Hall–Kier alpha value is -3.02. The zero-order valence-electron chi connectivity index (χ0n) is 15.3. The summed E-state index contributed by atoms with van der Waals surface area (Å²) in [7, 11) is 1.63. The molecule has 0 aliphatic carbocycles. The van der Waals surface area contributed by atoms with Crippen LogP contribution in [0, 0.1) is 13.8 Å². The van der Waals surface area contributed by atoms with Gasteiger partial charge in [-0.15, -0.1) is 0 Å². The van der Waals surface area contributed by atoms with Crippen LogP contribution in [-0.4, -0.2) is 36.1 Å². The number of aromatic nitrogens is 2. The van der Waals surface area contributed by atoms with Crippen molar-refractivity contribution in [2.24, 2.45) is 0 Å². The number of nitrogens with zero attached hydrogens (tertiary/aromatic N) is 1. The fourth-order valence-corrected chi connectivity index (χ4v) is 2.68. The van der Waals surface area contributed by atoms with Gasteiger partial charge >= 0.3 is 0 Å². The van der Waals surface area contributed by atoms with Crippen molar-refractivity contribution in [1.82, 2.24) is 15.3 Å². The van der Waals surface area contributed by atoms with Crippen LogP contribution < -0.4 is 14.8 Å². The molecule has 0 spiro atoms. The van der Waals surface area contributed by atoms with Crippen molar-refractivity contribution in [2.45, 2.75) is 20.3 Å². The molecule has 26 heavy (non-hydrogen) atoms. The van der Waals surface area contributed by atoms with Crippen LogP contribution >= 0.6 is 0 Å². The number of hydrogen-bond acceptors (Lipinski definition) is 4. The first-order valence-corrected chi connectivity index (χ1v) is 8.55. The molecule has 6 heteroatoms. The number of rotatable bonds is 7. The zero-order valence-corrected chi connectivity index (χ0v) is 15.3. The average molecular weight is 353 g/mol. The predicted molar refractivity (Wildman–Crippen MR) is 101 cm³/mol. The maximum Gasteiger partial charge on any atom is 0.257 e. The fraction of sp³-hybridized carbons (Fsp3) is 0.300. The lowest BCUT2D eigenvalue weighted by Gasteiger charge is -2.10. The van der Waals surface area contributed by atoms with E-state index in [1.54, 1.807) is 7.11 Å². The van der Waals surface area contributed by atoms with Gasteiger partial charge < -0.3 is 19.8 Å². The van der Waals surface area contributed by atoms with Crippen LogP contribution in [0.4, 0.5) is 0 Å². The number of H-pyrrole nitrogens is 1. The molecule has 0 radical (unpaired) electrons. The van der Waals surface area contributed by atoms with Crippen LogP contribution in [0.15, 0.2) is 36.4 Å². The molecular formula is C20H23N3O3. The van der Waals surface area contributed by atoms with Gasteiger partial charge in [0, 0.05) is 19.0 Å². The summed E-state index contributed by atoms with van der Waals surface area (Å²) in [5.74, 6) is 2.20. The van der Waals surface area contributed by atoms with Crippen molar-refractivity contribution < 1.29 is 14.3 Å². The molecule has 0 fully saturated rings. The van der Waals surface area contributed by atoms with E-state index < -0.39 is 0 Å². The minimum absolute atomic E-state index is 0.00161. The van der Waals surface area contributed by atoms with Crippen LogP contribution in [-0.2, 0) is 11.2 Å². The number of carbonyl (C=O) groups excluding carboxylic acids is 1. The smallest absolute Gasteiger partial charge is 0.257 e. The summed E-state index contributed by atoms with van der Waals surface area (Å²) in [5.41, 5.74) is 4.00. The fourth-order valence-electron chi connectivity index (χ4n) is 2.68. The van der Waals surface area contributed by atoms with Gasteiger partial charge in [0.15, 0.2) is 6.61 Å². The topological polar surface area (TPSA) is 76.2 Å². The van der Waals surface area contributed by atoms with Gasteiger partial charge in [0.25, 0.3) is 5.91 Å². The minimum atomic E-state index is -0.149. The van der Waals surface area contributed by atoms with Crippen molar-refractivity contribution in [3.05, 3.63) is 53.3 Å². The maximum absolute atomic E-state index is 12.0. The molecule has 0 unspecified atom stereocenters. The first kappa shape index (κ1) is 17.8. The molecule has 6 nitrogen and oxygen atoms in total. The quantitative estimate of drug-likeness (QED) is 0.685. The number of imidazole rings is 1. The van der Waals surface area contributed by atoms with Gasteiger partial charge in [0.05, 0.1) is 18.1 Å². The Labute approximate surface area is 152 Å². The van der Waals surface area contributed by atoms with Crippen LogP contribution in [0.3, 0.4) is 0 Å². The maximum atomic E-state index is 12.0. The molecule has 2 N–H and O–H groups in total. The summed E-state index contributed by atoms with van der Waals surface area (Å²) < 4.78 is 10.8. The van der Waals surface area contributed by atoms with E-state index in [1.807, 2.05) is 50.2 Å². The summed E-state index contributed by atoms with van der Waals surface area (Å²) in [6.07, 6.45) is 0.617. The summed E-state index contributed by atoms with van der Waals surface area (Å²) in [5, 5.41) is 2.85. The summed E-state index contributed by atoms with van der Waals surface area (Å²) in [6, 6.07) is 11.5. The number of benzene rings is 2. The Balaban J connectivity index is 1.48. The monoisotopic (exact) mass is 353 g/mol. The Bertz CT molecular complexity index is 918. The van der Waals surface area contributed by atoms with Crippen molar-refractivity contribution in [2.75, 3.05) is 20.3 Å². The number of hydrogen-bond donors (Lipinski definition) is 2. The molecule has 0 saturated heterocycles. The number of ether oxygens (including phenoxy) is 2. The highest BCUT2D eigenvalue weighted by molar-refractivity contribution is 5.78. The summed E-state index contributed by atoms with van der Waals surface area (Å²) >= 11 is 0. The molecule has 136 valence electrons. The Morgan fingerprint density at radius 1 is 1.23 bits per heavy atom. The van der Waals surface area contributed by atoms with Crippen LogP contribution in [0.2, 0.25) is 0 Å². The van der Waals surface area contributed by atoms with E-state index in [9.17, 15) is 4.79 Å². The van der Waals surface area contributed by atoms with Crippen LogP contribution in [0.1, 0.15) is 17.0 Å². The molecule has 2 aromatic carbocycles. The molecular weight excluding hydrogens is 330 g/mol. The molecule has 3 rings (SSSR count). The molecule has 1 amide bonds. The van der Waals surface area contributed by atoms with Crippen LogP contribution in [0.5, 0.6) is 11.5 Å². The van der Waals surface area contributed by atoms with Gasteiger partial charge in [-0.05, 0) is 43.2 Å². The lowest BCUT2D eigenvalue weighted by Crippen LogP contribution is -2.30. The molecule has 0 saturated carbocycles. The highest BCUT2D eigenvalue weighted by Crippen LogP contribution is 2.20. The van der Waals surface area contributed by atoms with Gasteiger partial charge in [-0.25, -0.2) is 4.98 Å². The third-order valence-electron chi connectivity index (χ3n) is 4.34. The van der Waals surface area contributed by atoms with Gasteiger partial charge in [-0.1, -0.05) is 12.1 Å². The molecule has 0 atom stereocenters. The van der Waals surface area contributed by atoms with Crippen LogP contribution in [0.25, 0.3) is 11.0 Å². The number of nitrogens with one attached hydrogen (secondary N) is 2.